The van der Waals surface area contributed by atoms with Crippen molar-refractivity contribution in [2.24, 2.45) is 0 Å². The van der Waals surface area contributed by atoms with Gasteiger partial charge in [0.2, 0.25) is 0 Å². The third-order valence-corrected chi connectivity index (χ3v) is 4.02. The molecule has 2 aliphatic rings. The molecule has 0 spiro atoms. The molecule has 0 unspecified atom stereocenters. The topological polar surface area (TPSA) is 41.1 Å². The molecular weight excluding hydrogens is 224 g/mol. The van der Waals surface area contributed by atoms with Gasteiger partial charge in [-0.15, -0.1) is 0 Å². The number of aryl methyl sites for hydroxylation is 1. The highest BCUT2D eigenvalue weighted by atomic mass is 15.2. The summed E-state index contributed by atoms with van der Waals surface area (Å²) in [6, 6.07) is 2.17. The van der Waals surface area contributed by atoms with Crippen LogP contribution in [-0.4, -0.2) is 41.0 Å². The summed E-state index contributed by atoms with van der Waals surface area (Å²) in [4.78, 5) is 11.8. The number of rotatable bonds is 3. The van der Waals surface area contributed by atoms with Gasteiger partial charge >= 0.3 is 0 Å². The molecule has 0 amide bonds. The quantitative estimate of drug-likeness (QED) is 0.876. The van der Waals surface area contributed by atoms with E-state index in [0.717, 1.165) is 44.2 Å². The highest BCUT2D eigenvalue weighted by molar-refractivity contribution is 5.16. The summed E-state index contributed by atoms with van der Waals surface area (Å²) in [6.45, 7) is 7.38. The van der Waals surface area contributed by atoms with Crippen LogP contribution in [0.1, 0.15) is 42.4 Å². The predicted molar refractivity (Wildman–Crippen MR) is 71.5 cm³/mol. The second-order valence-electron chi connectivity index (χ2n) is 5.50. The molecule has 3 rings (SSSR count). The molecule has 1 aromatic heterocycles. The first kappa shape index (κ1) is 12.1. The third-order valence-electron chi connectivity index (χ3n) is 4.02. The maximum absolute atomic E-state index is 4.78. The SMILES string of the molecule is Cc1cc(C2CCC2)nc(CN2CCNCC2)n1. The first-order valence-electron chi connectivity index (χ1n) is 7.09. The van der Waals surface area contributed by atoms with E-state index in [9.17, 15) is 0 Å². The maximum Gasteiger partial charge on any atom is 0.142 e. The van der Waals surface area contributed by atoms with Crippen molar-refractivity contribution in [3.05, 3.63) is 23.3 Å². The van der Waals surface area contributed by atoms with Crippen molar-refractivity contribution < 1.29 is 0 Å². The average Bonchev–Trinajstić information content (AvgIpc) is 2.27. The second kappa shape index (κ2) is 5.33. The van der Waals surface area contributed by atoms with Gasteiger partial charge in [-0.25, -0.2) is 9.97 Å². The zero-order valence-electron chi connectivity index (χ0n) is 11.2. The lowest BCUT2D eigenvalue weighted by Gasteiger charge is -2.28. The minimum atomic E-state index is 0.702. The largest absolute Gasteiger partial charge is 0.314 e. The Labute approximate surface area is 109 Å². The van der Waals surface area contributed by atoms with Crippen molar-refractivity contribution in [3.8, 4) is 0 Å². The summed E-state index contributed by atoms with van der Waals surface area (Å²) in [6.07, 6.45) is 3.98. The smallest absolute Gasteiger partial charge is 0.142 e. The minimum Gasteiger partial charge on any atom is -0.314 e. The fraction of sp³-hybridized carbons (Fsp3) is 0.714. The van der Waals surface area contributed by atoms with E-state index in [2.05, 4.69) is 28.2 Å². The van der Waals surface area contributed by atoms with Crippen LogP contribution in [0.25, 0.3) is 0 Å². The van der Waals surface area contributed by atoms with Gasteiger partial charge < -0.3 is 5.32 Å². The van der Waals surface area contributed by atoms with Gasteiger partial charge in [0.15, 0.2) is 0 Å². The Morgan fingerprint density at radius 2 is 2.06 bits per heavy atom. The van der Waals surface area contributed by atoms with Crippen molar-refractivity contribution >= 4 is 0 Å². The average molecular weight is 246 g/mol. The van der Waals surface area contributed by atoms with Crippen LogP contribution in [0.3, 0.4) is 0 Å². The van der Waals surface area contributed by atoms with Crippen molar-refractivity contribution in [2.45, 2.75) is 38.6 Å². The first-order chi connectivity index (χ1) is 8.81. The summed E-state index contributed by atoms with van der Waals surface area (Å²) in [5.41, 5.74) is 2.40. The Bertz CT molecular complexity index is 408. The molecule has 1 N–H and O–H groups in total. The number of piperazine rings is 1. The molecule has 4 nitrogen and oxygen atoms in total. The maximum atomic E-state index is 4.78. The summed E-state index contributed by atoms with van der Waals surface area (Å²) in [5, 5.41) is 3.38. The molecule has 1 aliphatic heterocycles. The van der Waals surface area contributed by atoms with Crippen LogP contribution in [0.5, 0.6) is 0 Å². The molecular formula is C14H22N4. The molecule has 1 saturated heterocycles. The van der Waals surface area contributed by atoms with Gasteiger partial charge in [-0.2, -0.15) is 0 Å². The molecule has 2 heterocycles. The van der Waals surface area contributed by atoms with Gasteiger partial charge in [0.25, 0.3) is 0 Å². The van der Waals surface area contributed by atoms with Crippen molar-refractivity contribution in [2.75, 3.05) is 26.2 Å². The Kier molecular flexibility index (Phi) is 3.57. The van der Waals surface area contributed by atoms with E-state index in [1.54, 1.807) is 0 Å². The van der Waals surface area contributed by atoms with E-state index in [-0.39, 0.29) is 0 Å². The highest BCUT2D eigenvalue weighted by Crippen LogP contribution is 2.35. The lowest BCUT2D eigenvalue weighted by Crippen LogP contribution is -2.43. The minimum absolute atomic E-state index is 0.702. The van der Waals surface area contributed by atoms with E-state index >= 15 is 0 Å². The number of hydrogen-bond donors (Lipinski definition) is 1. The summed E-state index contributed by atoms with van der Waals surface area (Å²) in [7, 11) is 0. The van der Waals surface area contributed by atoms with Crippen LogP contribution in [0.15, 0.2) is 6.07 Å². The fourth-order valence-corrected chi connectivity index (χ4v) is 2.71. The van der Waals surface area contributed by atoms with Crippen LogP contribution in [-0.2, 0) is 6.54 Å². The Balaban J connectivity index is 1.71. The fourth-order valence-electron chi connectivity index (χ4n) is 2.71. The Morgan fingerprint density at radius 3 is 2.72 bits per heavy atom. The zero-order valence-corrected chi connectivity index (χ0v) is 11.2. The highest BCUT2D eigenvalue weighted by Gasteiger charge is 2.22. The van der Waals surface area contributed by atoms with E-state index in [4.69, 9.17) is 4.98 Å². The van der Waals surface area contributed by atoms with E-state index in [1.165, 1.54) is 25.0 Å². The van der Waals surface area contributed by atoms with E-state index in [0.29, 0.717) is 5.92 Å². The van der Waals surface area contributed by atoms with Gasteiger partial charge in [0, 0.05) is 43.5 Å². The monoisotopic (exact) mass is 246 g/mol. The van der Waals surface area contributed by atoms with Crippen molar-refractivity contribution in [1.29, 1.82) is 0 Å². The van der Waals surface area contributed by atoms with Gasteiger partial charge in [0.1, 0.15) is 5.82 Å². The van der Waals surface area contributed by atoms with Gasteiger partial charge in [0.05, 0.1) is 6.54 Å². The first-order valence-corrected chi connectivity index (χ1v) is 7.09. The standard InChI is InChI=1S/C14H22N4/c1-11-9-13(12-3-2-4-12)17-14(16-11)10-18-7-5-15-6-8-18/h9,12,15H,2-8,10H2,1H3. The van der Waals surface area contributed by atoms with E-state index in [1.807, 2.05) is 0 Å². The van der Waals surface area contributed by atoms with Gasteiger partial charge in [-0.05, 0) is 25.8 Å². The summed E-state index contributed by atoms with van der Waals surface area (Å²) < 4.78 is 0. The van der Waals surface area contributed by atoms with Crippen LogP contribution in [0.4, 0.5) is 0 Å². The zero-order chi connectivity index (χ0) is 12.4. The van der Waals surface area contributed by atoms with E-state index < -0.39 is 0 Å². The number of nitrogens with zero attached hydrogens (tertiary/aromatic N) is 3. The molecule has 4 heteroatoms. The molecule has 0 bridgehead atoms. The number of nitrogens with one attached hydrogen (secondary N) is 1. The lowest BCUT2D eigenvalue weighted by molar-refractivity contribution is 0.227. The molecule has 2 fully saturated rings. The van der Waals surface area contributed by atoms with Crippen LogP contribution >= 0.6 is 0 Å². The van der Waals surface area contributed by atoms with Crippen LogP contribution < -0.4 is 5.32 Å². The van der Waals surface area contributed by atoms with Crippen molar-refractivity contribution in [1.82, 2.24) is 20.2 Å². The summed E-state index contributed by atoms with van der Waals surface area (Å²) in [5.74, 6) is 1.72. The van der Waals surface area contributed by atoms with Crippen LogP contribution in [0, 0.1) is 6.92 Å². The third kappa shape index (κ3) is 2.70. The number of hydrogen-bond acceptors (Lipinski definition) is 4. The normalized spacial score (nSPS) is 21.8. The molecule has 0 radical (unpaired) electrons. The second-order valence-corrected chi connectivity index (χ2v) is 5.50. The Morgan fingerprint density at radius 1 is 1.28 bits per heavy atom. The molecule has 0 aromatic carbocycles. The molecule has 98 valence electrons. The molecule has 1 saturated carbocycles. The van der Waals surface area contributed by atoms with Crippen LogP contribution in [0.2, 0.25) is 0 Å². The molecule has 1 aromatic rings. The van der Waals surface area contributed by atoms with Crippen molar-refractivity contribution in [3.63, 3.8) is 0 Å². The molecule has 18 heavy (non-hydrogen) atoms. The van der Waals surface area contributed by atoms with Gasteiger partial charge in [-0.3, -0.25) is 4.90 Å². The summed E-state index contributed by atoms with van der Waals surface area (Å²) >= 11 is 0. The molecule has 0 atom stereocenters. The molecule has 1 aliphatic carbocycles. The van der Waals surface area contributed by atoms with Gasteiger partial charge in [-0.1, -0.05) is 6.42 Å². The lowest BCUT2D eigenvalue weighted by atomic mass is 9.82. The predicted octanol–water partition coefficient (Wildman–Crippen LogP) is 1.46. The Hall–Kier alpha value is -1.00. The number of aromatic nitrogens is 2.